The fraction of sp³-hybridized carbons (Fsp3) is 0.909. The molecular formula is C11H20N2O2. The Bertz CT molecular complexity index is 233. The van der Waals surface area contributed by atoms with Gasteiger partial charge in [0, 0.05) is 33.3 Å². The number of methoxy groups -OCH3 is 1. The number of piperazine rings is 1. The van der Waals surface area contributed by atoms with E-state index in [4.69, 9.17) is 4.74 Å². The highest BCUT2D eigenvalue weighted by molar-refractivity contribution is 5.84. The third-order valence-corrected chi connectivity index (χ3v) is 3.59. The van der Waals surface area contributed by atoms with E-state index in [2.05, 4.69) is 5.32 Å². The third kappa shape index (κ3) is 2.01. The summed E-state index contributed by atoms with van der Waals surface area (Å²) in [5.74, 6) is 0.317. The van der Waals surface area contributed by atoms with Crippen LogP contribution in [0.2, 0.25) is 0 Å². The molecule has 4 nitrogen and oxygen atoms in total. The summed E-state index contributed by atoms with van der Waals surface area (Å²) in [7, 11) is 1.69. The molecule has 1 amide bonds. The minimum Gasteiger partial charge on any atom is -0.384 e. The molecule has 2 fully saturated rings. The molecule has 0 atom stereocenters. The van der Waals surface area contributed by atoms with Crippen molar-refractivity contribution in [2.45, 2.75) is 19.3 Å². The molecule has 0 spiro atoms. The van der Waals surface area contributed by atoms with Gasteiger partial charge in [-0.2, -0.15) is 0 Å². The van der Waals surface area contributed by atoms with Gasteiger partial charge in [0.2, 0.25) is 5.91 Å². The van der Waals surface area contributed by atoms with Crippen LogP contribution in [0, 0.1) is 5.41 Å². The molecule has 0 radical (unpaired) electrons. The second kappa shape index (κ2) is 4.49. The zero-order valence-corrected chi connectivity index (χ0v) is 9.42. The van der Waals surface area contributed by atoms with E-state index in [1.165, 1.54) is 6.42 Å². The highest BCUT2D eigenvalue weighted by Gasteiger charge is 2.46. The average molecular weight is 212 g/mol. The number of carbonyl (C=O) groups is 1. The minimum absolute atomic E-state index is 0.175. The fourth-order valence-corrected chi connectivity index (χ4v) is 2.50. The van der Waals surface area contributed by atoms with E-state index in [9.17, 15) is 4.79 Å². The maximum atomic E-state index is 12.3. The number of carbonyl (C=O) groups excluding carboxylic acids is 1. The molecule has 4 heteroatoms. The van der Waals surface area contributed by atoms with Gasteiger partial charge in [-0.15, -0.1) is 0 Å². The molecular weight excluding hydrogens is 192 g/mol. The molecule has 1 saturated carbocycles. The molecule has 1 heterocycles. The highest BCUT2D eigenvalue weighted by atomic mass is 16.5. The van der Waals surface area contributed by atoms with Crippen LogP contribution >= 0.6 is 0 Å². The first-order valence-corrected chi connectivity index (χ1v) is 5.77. The Morgan fingerprint density at radius 1 is 1.40 bits per heavy atom. The summed E-state index contributed by atoms with van der Waals surface area (Å²) in [5, 5.41) is 3.26. The minimum atomic E-state index is -0.175. The van der Waals surface area contributed by atoms with Crippen molar-refractivity contribution in [2.24, 2.45) is 5.41 Å². The first kappa shape index (κ1) is 10.9. The van der Waals surface area contributed by atoms with Gasteiger partial charge in [0.25, 0.3) is 0 Å². The Morgan fingerprint density at radius 3 is 2.53 bits per heavy atom. The van der Waals surface area contributed by atoms with Gasteiger partial charge in [-0.25, -0.2) is 0 Å². The molecule has 1 N–H and O–H groups in total. The summed E-state index contributed by atoms with van der Waals surface area (Å²) < 4.78 is 5.20. The fourth-order valence-electron chi connectivity index (χ4n) is 2.50. The number of hydrogen-bond donors (Lipinski definition) is 1. The number of amides is 1. The van der Waals surface area contributed by atoms with Gasteiger partial charge in [0.15, 0.2) is 0 Å². The molecule has 2 aliphatic rings. The largest absolute Gasteiger partial charge is 0.384 e. The van der Waals surface area contributed by atoms with Crippen molar-refractivity contribution in [3.05, 3.63) is 0 Å². The van der Waals surface area contributed by atoms with Crippen LogP contribution in [0.3, 0.4) is 0 Å². The topological polar surface area (TPSA) is 41.6 Å². The van der Waals surface area contributed by atoms with Crippen molar-refractivity contribution in [1.29, 1.82) is 0 Å². The molecule has 0 aromatic rings. The van der Waals surface area contributed by atoms with E-state index in [0.717, 1.165) is 39.0 Å². The van der Waals surface area contributed by atoms with Crippen LogP contribution in [0.4, 0.5) is 0 Å². The maximum Gasteiger partial charge on any atom is 0.231 e. The Balaban J connectivity index is 1.97. The van der Waals surface area contributed by atoms with Crippen LogP contribution in [0.5, 0.6) is 0 Å². The van der Waals surface area contributed by atoms with Gasteiger partial charge in [0.05, 0.1) is 12.0 Å². The van der Waals surface area contributed by atoms with Crippen LogP contribution < -0.4 is 5.32 Å². The Hall–Kier alpha value is -0.610. The van der Waals surface area contributed by atoms with E-state index in [0.29, 0.717) is 12.5 Å². The van der Waals surface area contributed by atoms with Crippen molar-refractivity contribution in [3.63, 3.8) is 0 Å². The van der Waals surface area contributed by atoms with Crippen molar-refractivity contribution in [3.8, 4) is 0 Å². The van der Waals surface area contributed by atoms with Gasteiger partial charge < -0.3 is 15.0 Å². The van der Waals surface area contributed by atoms with Gasteiger partial charge >= 0.3 is 0 Å². The van der Waals surface area contributed by atoms with Gasteiger partial charge in [-0.05, 0) is 12.8 Å². The lowest BCUT2D eigenvalue weighted by molar-refractivity contribution is -0.152. The van der Waals surface area contributed by atoms with E-state index in [1.807, 2.05) is 4.90 Å². The van der Waals surface area contributed by atoms with E-state index >= 15 is 0 Å². The lowest BCUT2D eigenvalue weighted by atomic mass is 9.68. The quantitative estimate of drug-likeness (QED) is 0.728. The Kier molecular flexibility index (Phi) is 3.26. The maximum absolute atomic E-state index is 12.3. The zero-order valence-electron chi connectivity index (χ0n) is 9.42. The van der Waals surface area contributed by atoms with Crippen molar-refractivity contribution < 1.29 is 9.53 Å². The number of nitrogens with zero attached hydrogens (tertiary/aromatic N) is 1. The van der Waals surface area contributed by atoms with E-state index in [-0.39, 0.29) is 5.41 Å². The number of ether oxygens (including phenoxy) is 1. The van der Waals surface area contributed by atoms with Crippen LogP contribution in [0.25, 0.3) is 0 Å². The zero-order chi connectivity index (χ0) is 10.7. The Morgan fingerprint density at radius 2 is 2.07 bits per heavy atom. The van der Waals surface area contributed by atoms with Crippen LogP contribution in [0.15, 0.2) is 0 Å². The number of hydrogen-bond acceptors (Lipinski definition) is 3. The van der Waals surface area contributed by atoms with Crippen molar-refractivity contribution in [2.75, 3.05) is 39.9 Å². The predicted molar refractivity (Wildman–Crippen MR) is 57.6 cm³/mol. The summed E-state index contributed by atoms with van der Waals surface area (Å²) in [4.78, 5) is 14.3. The van der Waals surface area contributed by atoms with Gasteiger partial charge in [0.1, 0.15) is 0 Å². The number of rotatable bonds is 3. The molecule has 0 bridgehead atoms. The Labute approximate surface area is 91.0 Å². The first-order chi connectivity index (χ1) is 7.28. The van der Waals surface area contributed by atoms with Crippen LogP contribution in [-0.4, -0.2) is 50.7 Å². The summed E-state index contributed by atoms with van der Waals surface area (Å²) in [6, 6.07) is 0. The molecule has 15 heavy (non-hydrogen) atoms. The van der Waals surface area contributed by atoms with Crippen molar-refractivity contribution >= 4 is 5.91 Å². The monoisotopic (exact) mass is 212 g/mol. The SMILES string of the molecule is COCC1(C(=O)N2CCNCC2)CCC1. The molecule has 0 aromatic carbocycles. The predicted octanol–water partition coefficient (Wildman–Crippen LogP) is 0.235. The molecule has 86 valence electrons. The van der Waals surface area contributed by atoms with Crippen LogP contribution in [0.1, 0.15) is 19.3 Å². The molecule has 2 rings (SSSR count). The molecule has 1 aliphatic heterocycles. The average Bonchev–Trinajstić information content (AvgIpc) is 2.24. The summed E-state index contributed by atoms with van der Waals surface area (Å²) in [6.45, 7) is 4.15. The standard InChI is InChI=1S/C11H20N2O2/c1-15-9-11(3-2-4-11)10(14)13-7-5-12-6-8-13/h12H,2-9H2,1H3. The number of nitrogens with one attached hydrogen (secondary N) is 1. The van der Waals surface area contributed by atoms with Gasteiger partial charge in [-0.3, -0.25) is 4.79 Å². The summed E-state index contributed by atoms with van der Waals surface area (Å²) in [5.41, 5.74) is -0.175. The lowest BCUT2D eigenvalue weighted by Gasteiger charge is -2.44. The molecule has 1 saturated heterocycles. The van der Waals surface area contributed by atoms with Crippen LogP contribution in [-0.2, 0) is 9.53 Å². The van der Waals surface area contributed by atoms with Gasteiger partial charge in [-0.1, -0.05) is 6.42 Å². The van der Waals surface area contributed by atoms with E-state index < -0.39 is 0 Å². The highest BCUT2D eigenvalue weighted by Crippen LogP contribution is 2.42. The third-order valence-electron chi connectivity index (χ3n) is 3.59. The first-order valence-electron chi connectivity index (χ1n) is 5.77. The molecule has 0 aromatic heterocycles. The normalized spacial score (nSPS) is 24.7. The smallest absolute Gasteiger partial charge is 0.231 e. The van der Waals surface area contributed by atoms with E-state index in [1.54, 1.807) is 7.11 Å². The summed E-state index contributed by atoms with van der Waals surface area (Å²) >= 11 is 0. The second-order valence-electron chi connectivity index (χ2n) is 4.61. The molecule has 1 aliphatic carbocycles. The lowest BCUT2D eigenvalue weighted by Crippen LogP contribution is -2.55. The van der Waals surface area contributed by atoms with Crippen molar-refractivity contribution in [1.82, 2.24) is 10.2 Å². The summed E-state index contributed by atoms with van der Waals surface area (Å²) in [6.07, 6.45) is 3.17. The second-order valence-corrected chi connectivity index (χ2v) is 4.61. The molecule has 0 unspecified atom stereocenters.